The summed E-state index contributed by atoms with van der Waals surface area (Å²) >= 11 is 6.11. The van der Waals surface area contributed by atoms with Crippen LogP contribution in [-0.2, 0) is 6.54 Å². The fourth-order valence-corrected chi connectivity index (χ4v) is 1.90. The van der Waals surface area contributed by atoms with Gasteiger partial charge in [0.1, 0.15) is 0 Å². The predicted octanol–water partition coefficient (Wildman–Crippen LogP) is 3.80. The summed E-state index contributed by atoms with van der Waals surface area (Å²) in [5.74, 6) is 0.661. The highest BCUT2D eigenvalue weighted by molar-refractivity contribution is 6.31. The summed E-state index contributed by atoms with van der Waals surface area (Å²) in [6.45, 7) is 8.10. The van der Waals surface area contributed by atoms with Gasteiger partial charge in [0.15, 0.2) is 0 Å². The maximum Gasteiger partial charge on any atom is 0.213 e. The summed E-state index contributed by atoms with van der Waals surface area (Å²) in [4.78, 5) is 4.21. The zero-order chi connectivity index (χ0) is 13.4. The van der Waals surface area contributed by atoms with Crippen LogP contribution in [0.4, 0.5) is 0 Å². The first kappa shape index (κ1) is 15.3. The molecule has 0 saturated heterocycles. The molecule has 1 unspecified atom stereocenters. The van der Waals surface area contributed by atoms with Gasteiger partial charge in [0.05, 0.1) is 11.1 Å². The van der Waals surface area contributed by atoms with Crippen molar-refractivity contribution in [3.63, 3.8) is 0 Å². The summed E-state index contributed by atoms with van der Waals surface area (Å²) < 4.78 is 5.76. The normalized spacial score (nSPS) is 12.4. The van der Waals surface area contributed by atoms with E-state index in [1.165, 1.54) is 0 Å². The smallest absolute Gasteiger partial charge is 0.213 e. The highest BCUT2D eigenvalue weighted by Gasteiger charge is 2.07. The lowest BCUT2D eigenvalue weighted by Gasteiger charge is -2.14. The third-order valence-corrected chi connectivity index (χ3v) is 3.01. The van der Waals surface area contributed by atoms with E-state index in [1.807, 2.05) is 6.07 Å². The summed E-state index contributed by atoms with van der Waals surface area (Å²) in [6.07, 6.45) is 5.12. The van der Waals surface area contributed by atoms with Gasteiger partial charge in [-0.3, -0.25) is 0 Å². The highest BCUT2D eigenvalue weighted by Crippen LogP contribution is 2.20. The maximum atomic E-state index is 6.11. The van der Waals surface area contributed by atoms with E-state index < -0.39 is 0 Å². The van der Waals surface area contributed by atoms with Gasteiger partial charge in [-0.1, -0.05) is 31.9 Å². The fourth-order valence-electron chi connectivity index (χ4n) is 1.73. The molecule has 1 heterocycles. The second-order valence-electron chi connectivity index (χ2n) is 4.51. The van der Waals surface area contributed by atoms with Crippen LogP contribution in [0.15, 0.2) is 12.3 Å². The van der Waals surface area contributed by atoms with Crippen LogP contribution in [0.25, 0.3) is 0 Å². The number of hydrogen-bond acceptors (Lipinski definition) is 3. The van der Waals surface area contributed by atoms with E-state index in [-0.39, 0.29) is 6.10 Å². The van der Waals surface area contributed by atoms with E-state index in [1.54, 1.807) is 6.20 Å². The Bertz CT molecular complexity index is 358. The molecule has 0 saturated carbocycles. The Morgan fingerprint density at radius 1 is 1.39 bits per heavy atom. The molecule has 1 atom stereocenters. The van der Waals surface area contributed by atoms with Crippen molar-refractivity contribution >= 4 is 11.6 Å². The van der Waals surface area contributed by atoms with Crippen LogP contribution in [-0.4, -0.2) is 17.6 Å². The number of rotatable bonds is 8. The van der Waals surface area contributed by atoms with Gasteiger partial charge in [-0.25, -0.2) is 4.98 Å². The molecule has 18 heavy (non-hydrogen) atoms. The lowest BCUT2D eigenvalue weighted by Crippen LogP contribution is -2.15. The molecule has 102 valence electrons. The molecule has 1 N–H and O–H groups in total. The van der Waals surface area contributed by atoms with Crippen LogP contribution in [0.5, 0.6) is 5.88 Å². The minimum absolute atomic E-state index is 0.195. The Hall–Kier alpha value is -0.800. The van der Waals surface area contributed by atoms with Crippen molar-refractivity contribution in [3.8, 4) is 5.88 Å². The standard InChI is InChI=1S/C14H23ClN2O/c1-4-6-11(3)18-14-8-12(9-16-7-5-2)13(15)10-17-14/h8,10-11,16H,4-7,9H2,1-3H3. The Morgan fingerprint density at radius 2 is 2.17 bits per heavy atom. The Kier molecular flexibility index (Phi) is 7.06. The fraction of sp³-hybridized carbons (Fsp3) is 0.643. The zero-order valence-corrected chi connectivity index (χ0v) is 12.3. The first-order valence-electron chi connectivity index (χ1n) is 6.69. The second-order valence-corrected chi connectivity index (χ2v) is 4.92. The van der Waals surface area contributed by atoms with Crippen LogP contribution < -0.4 is 10.1 Å². The van der Waals surface area contributed by atoms with Gasteiger partial charge in [-0.2, -0.15) is 0 Å². The van der Waals surface area contributed by atoms with Gasteiger partial charge in [0.2, 0.25) is 5.88 Å². The molecule has 1 rings (SSSR count). The van der Waals surface area contributed by atoms with Crippen molar-refractivity contribution in [2.24, 2.45) is 0 Å². The quantitative estimate of drug-likeness (QED) is 0.730. The van der Waals surface area contributed by atoms with E-state index in [9.17, 15) is 0 Å². The molecular formula is C14H23ClN2O. The largest absolute Gasteiger partial charge is 0.475 e. The molecule has 0 bridgehead atoms. The van der Waals surface area contributed by atoms with Crippen molar-refractivity contribution in [2.45, 2.75) is 52.7 Å². The second kappa shape index (κ2) is 8.33. The average molecular weight is 271 g/mol. The van der Waals surface area contributed by atoms with Crippen molar-refractivity contribution in [1.29, 1.82) is 0 Å². The van der Waals surface area contributed by atoms with E-state index >= 15 is 0 Å². The molecule has 0 aliphatic carbocycles. The van der Waals surface area contributed by atoms with Gasteiger partial charge in [0.25, 0.3) is 0 Å². The topological polar surface area (TPSA) is 34.1 Å². The van der Waals surface area contributed by atoms with Gasteiger partial charge in [-0.05, 0) is 31.9 Å². The molecule has 0 amide bonds. The molecule has 1 aromatic heterocycles. The molecule has 0 radical (unpaired) electrons. The number of nitrogens with zero attached hydrogens (tertiary/aromatic N) is 1. The maximum absolute atomic E-state index is 6.11. The average Bonchev–Trinajstić information content (AvgIpc) is 2.34. The third-order valence-electron chi connectivity index (χ3n) is 2.67. The SMILES string of the molecule is CCCNCc1cc(OC(C)CCC)ncc1Cl. The van der Waals surface area contributed by atoms with Crippen LogP contribution in [0.1, 0.15) is 45.6 Å². The van der Waals surface area contributed by atoms with Gasteiger partial charge < -0.3 is 10.1 Å². The summed E-state index contributed by atoms with van der Waals surface area (Å²) in [6, 6.07) is 1.93. The number of pyridine rings is 1. The molecule has 0 aliphatic heterocycles. The van der Waals surface area contributed by atoms with Crippen molar-refractivity contribution in [1.82, 2.24) is 10.3 Å². The van der Waals surface area contributed by atoms with E-state index in [0.29, 0.717) is 10.9 Å². The van der Waals surface area contributed by atoms with Gasteiger partial charge in [0, 0.05) is 18.8 Å². The molecule has 0 spiro atoms. The number of aromatic nitrogens is 1. The first-order chi connectivity index (χ1) is 8.67. The van der Waals surface area contributed by atoms with Crippen LogP contribution in [0, 0.1) is 0 Å². The van der Waals surface area contributed by atoms with E-state index in [2.05, 4.69) is 31.1 Å². The zero-order valence-electron chi connectivity index (χ0n) is 11.5. The lowest BCUT2D eigenvalue weighted by atomic mass is 10.2. The predicted molar refractivity (Wildman–Crippen MR) is 76.2 cm³/mol. The molecular weight excluding hydrogens is 248 g/mol. The minimum Gasteiger partial charge on any atom is -0.475 e. The molecule has 0 aromatic carbocycles. The van der Waals surface area contributed by atoms with Crippen molar-refractivity contribution in [2.75, 3.05) is 6.54 Å². The third kappa shape index (κ3) is 5.23. The molecule has 4 heteroatoms. The number of nitrogens with one attached hydrogen (secondary N) is 1. The highest BCUT2D eigenvalue weighted by atomic mass is 35.5. The van der Waals surface area contributed by atoms with E-state index in [0.717, 1.165) is 37.9 Å². The molecule has 0 aliphatic rings. The van der Waals surface area contributed by atoms with Crippen LogP contribution in [0.3, 0.4) is 0 Å². The monoisotopic (exact) mass is 270 g/mol. The van der Waals surface area contributed by atoms with Gasteiger partial charge >= 0.3 is 0 Å². The van der Waals surface area contributed by atoms with Crippen LogP contribution >= 0.6 is 11.6 Å². The number of halogens is 1. The Labute approximate surface area is 115 Å². The summed E-state index contributed by atoms with van der Waals surface area (Å²) in [5, 5.41) is 4.02. The summed E-state index contributed by atoms with van der Waals surface area (Å²) in [5.41, 5.74) is 1.04. The Morgan fingerprint density at radius 3 is 2.83 bits per heavy atom. The molecule has 1 aromatic rings. The van der Waals surface area contributed by atoms with Crippen LogP contribution in [0.2, 0.25) is 5.02 Å². The summed E-state index contributed by atoms with van der Waals surface area (Å²) in [7, 11) is 0. The number of hydrogen-bond donors (Lipinski definition) is 1. The number of ether oxygens (including phenoxy) is 1. The lowest BCUT2D eigenvalue weighted by molar-refractivity contribution is 0.201. The van der Waals surface area contributed by atoms with E-state index in [4.69, 9.17) is 16.3 Å². The Balaban J connectivity index is 2.61. The van der Waals surface area contributed by atoms with Crippen molar-refractivity contribution in [3.05, 3.63) is 22.8 Å². The van der Waals surface area contributed by atoms with Crippen molar-refractivity contribution < 1.29 is 4.74 Å². The first-order valence-corrected chi connectivity index (χ1v) is 7.07. The van der Waals surface area contributed by atoms with Gasteiger partial charge in [-0.15, -0.1) is 0 Å². The minimum atomic E-state index is 0.195. The molecule has 0 fully saturated rings. The molecule has 3 nitrogen and oxygen atoms in total.